The van der Waals surface area contributed by atoms with Gasteiger partial charge in [-0.25, -0.2) is 0 Å². The second-order valence-electron chi connectivity index (χ2n) is 6.40. The molecule has 0 atom stereocenters. The number of carbonyl (C=O) groups is 1. The molecule has 152 valence electrons. The van der Waals surface area contributed by atoms with E-state index in [2.05, 4.69) is 4.74 Å². The average molecular weight is 410 g/mol. The Kier molecular flexibility index (Phi) is 6.70. The Labute approximate surface area is 171 Å². The highest BCUT2D eigenvalue weighted by atomic mass is 19.3. The average Bonchev–Trinajstić information content (AvgIpc) is 2.74. The second-order valence-corrected chi connectivity index (χ2v) is 6.40. The normalized spacial score (nSPS) is 11.1. The molecule has 0 bridgehead atoms. The van der Waals surface area contributed by atoms with Crippen LogP contribution < -0.4 is 4.74 Å². The zero-order chi connectivity index (χ0) is 21.5. The molecular formula is C24H17F3O3. The molecule has 0 saturated heterocycles. The highest BCUT2D eigenvalue weighted by Crippen LogP contribution is 2.29. The summed E-state index contributed by atoms with van der Waals surface area (Å²) in [5.74, 6) is -0.968. The second kappa shape index (κ2) is 9.60. The molecule has 3 nitrogen and oxygen atoms in total. The number of benzene rings is 3. The smallest absolute Gasteiger partial charge is 0.344 e. The predicted octanol–water partition coefficient (Wildman–Crippen LogP) is 6.32. The highest BCUT2D eigenvalue weighted by Gasteiger charge is 2.10. The standard InChI is InChI=1S/C24H17F3O3/c25-23(26)24(27)30-20-12-10-19(11-13-20)21(14-16-4-2-1-3-5-16)18-8-6-17(7-9-18)15-22(28)29/h1-14H,15H2,(H,28,29). The topological polar surface area (TPSA) is 46.5 Å². The van der Waals surface area contributed by atoms with Crippen LogP contribution in [-0.4, -0.2) is 11.1 Å². The number of aliphatic carboxylic acids is 1. The van der Waals surface area contributed by atoms with Crippen LogP contribution in [0.4, 0.5) is 13.2 Å². The Morgan fingerprint density at radius 2 is 1.40 bits per heavy atom. The lowest BCUT2D eigenvalue weighted by atomic mass is 9.94. The van der Waals surface area contributed by atoms with Gasteiger partial charge in [0.2, 0.25) is 0 Å². The van der Waals surface area contributed by atoms with E-state index in [1.807, 2.05) is 48.5 Å². The number of hydrogen-bond donors (Lipinski definition) is 1. The van der Waals surface area contributed by atoms with Gasteiger partial charge in [-0.15, -0.1) is 0 Å². The first-order valence-electron chi connectivity index (χ1n) is 8.99. The largest absolute Gasteiger partial charge is 0.481 e. The SMILES string of the molecule is O=C(O)Cc1ccc(C(=Cc2ccccc2)c2ccc(OC(F)=C(F)F)cc2)cc1. The maximum absolute atomic E-state index is 13.0. The van der Waals surface area contributed by atoms with Gasteiger partial charge in [0.25, 0.3) is 0 Å². The van der Waals surface area contributed by atoms with Gasteiger partial charge in [-0.1, -0.05) is 66.7 Å². The van der Waals surface area contributed by atoms with Crippen LogP contribution in [0.5, 0.6) is 5.75 Å². The molecule has 0 aromatic heterocycles. The Morgan fingerprint density at radius 3 is 1.93 bits per heavy atom. The number of carboxylic acids is 1. The van der Waals surface area contributed by atoms with Crippen LogP contribution in [0.2, 0.25) is 0 Å². The van der Waals surface area contributed by atoms with Crippen LogP contribution in [0.15, 0.2) is 91.0 Å². The maximum Gasteiger partial charge on any atom is 0.344 e. The van der Waals surface area contributed by atoms with Gasteiger partial charge in [0, 0.05) is 0 Å². The zero-order valence-electron chi connectivity index (χ0n) is 15.7. The van der Waals surface area contributed by atoms with Crippen molar-refractivity contribution < 1.29 is 27.8 Å². The van der Waals surface area contributed by atoms with E-state index in [1.165, 1.54) is 12.1 Å². The number of hydrogen-bond acceptors (Lipinski definition) is 2. The third-order valence-electron chi connectivity index (χ3n) is 4.25. The van der Waals surface area contributed by atoms with Crippen LogP contribution in [0.3, 0.4) is 0 Å². The van der Waals surface area contributed by atoms with E-state index < -0.39 is 18.1 Å². The molecule has 0 aliphatic carbocycles. The van der Waals surface area contributed by atoms with Crippen molar-refractivity contribution in [3.8, 4) is 5.75 Å². The molecule has 0 radical (unpaired) electrons. The van der Waals surface area contributed by atoms with Crippen molar-refractivity contribution in [3.05, 3.63) is 113 Å². The maximum atomic E-state index is 13.0. The third kappa shape index (κ3) is 5.61. The highest BCUT2D eigenvalue weighted by molar-refractivity contribution is 5.91. The molecule has 0 amide bonds. The molecule has 0 unspecified atom stereocenters. The van der Waals surface area contributed by atoms with Crippen LogP contribution in [0, 0.1) is 0 Å². The van der Waals surface area contributed by atoms with E-state index in [1.54, 1.807) is 24.3 Å². The Morgan fingerprint density at radius 1 is 0.833 bits per heavy atom. The Hall–Kier alpha value is -3.80. The van der Waals surface area contributed by atoms with E-state index in [-0.39, 0.29) is 12.2 Å². The Balaban J connectivity index is 1.97. The first-order chi connectivity index (χ1) is 14.4. The summed E-state index contributed by atoms with van der Waals surface area (Å²) in [7, 11) is 0. The molecule has 1 N–H and O–H groups in total. The molecule has 0 aliphatic heterocycles. The van der Waals surface area contributed by atoms with E-state index >= 15 is 0 Å². The van der Waals surface area contributed by atoms with Gasteiger partial charge >= 0.3 is 18.1 Å². The quantitative estimate of drug-likeness (QED) is 0.366. The van der Waals surface area contributed by atoms with Crippen molar-refractivity contribution in [1.82, 2.24) is 0 Å². The van der Waals surface area contributed by atoms with Gasteiger partial charge in [0.1, 0.15) is 5.75 Å². The summed E-state index contributed by atoms with van der Waals surface area (Å²) in [6, 6.07) is 20.8. The molecule has 0 spiro atoms. The van der Waals surface area contributed by atoms with Crippen LogP contribution in [0.25, 0.3) is 11.6 Å². The molecular weight excluding hydrogens is 393 g/mol. The molecule has 30 heavy (non-hydrogen) atoms. The van der Waals surface area contributed by atoms with Crippen molar-refractivity contribution in [3.63, 3.8) is 0 Å². The van der Waals surface area contributed by atoms with Gasteiger partial charge in [-0.3, -0.25) is 4.79 Å². The van der Waals surface area contributed by atoms with Crippen molar-refractivity contribution in [1.29, 1.82) is 0 Å². The van der Waals surface area contributed by atoms with Gasteiger partial charge < -0.3 is 9.84 Å². The summed E-state index contributed by atoms with van der Waals surface area (Å²) >= 11 is 0. The molecule has 3 rings (SSSR count). The first kappa shape index (κ1) is 20.9. The minimum Gasteiger partial charge on any atom is -0.481 e. The van der Waals surface area contributed by atoms with Crippen LogP contribution in [0.1, 0.15) is 22.3 Å². The van der Waals surface area contributed by atoms with E-state index in [9.17, 15) is 18.0 Å². The summed E-state index contributed by atoms with van der Waals surface area (Å²) in [6.45, 7) is 0. The van der Waals surface area contributed by atoms with Gasteiger partial charge in [0.15, 0.2) is 0 Å². The minimum atomic E-state index is -2.52. The van der Waals surface area contributed by atoms with Crippen molar-refractivity contribution in [2.24, 2.45) is 0 Å². The number of halogens is 3. The summed E-state index contributed by atoms with van der Waals surface area (Å²) in [5, 5.41) is 8.94. The summed E-state index contributed by atoms with van der Waals surface area (Å²) in [6.07, 6.45) is -0.650. The predicted molar refractivity (Wildman–Crippen MR) is 109 cm³/mol. The molecule has 6 heteroatoms. The fraction of sp³-hybridized carbons (Fsp3) is 0.0417. The molecule has 0 aliphatic rings. The zero-order valence-corrected chi connectivity index (χ0v) is 15.7. The number of carboxylic acid groups (broad SMARTS) is 1. The lowest BCUT2D eigenvalue weighted by Gasteiger charge is -2.11. The summed E-state index contributed by atoms with van der Waals surface area (Å²) in [4.78, 5) is 10.9. The van der Waals surface area contributed by atoms with Crippen molar-refractivity contribution in [2.45, 2.75) is 6.42 Å². The number of ether oxygens (including phenoxy) is 1. The van der Waals surface area contributed by atoms with Crippen LogP contribution >= 0.6 is 0 Å². The molecule has 0 saturated carbocycles. The van der Waals surface area contributed by atoms with Crippen molar-refractivity contribution in [2.75, 3.05) is 0 Å². The first-order valence-corrected chi connectivity index (χ1v) is 8.99. The molecule has 3 aromatic rings. The van der Waals surface area contributed by atoms with Gasteiger partial charge in [-0.05, 0) is 46.0 Å². The van der Waals surface area contributed by atoms with Crippen molar-refractivity contribution >= 4 is 17.6 Å². The lowest BCUT2D eigenvalue weighted by Crippen LogP contribution is -2.00. The number of rotatable bonds is 7. The van der Waals surface area contributed by atoms with Crippen LogP contribution in [-0.2, 0) is 11.2 Å². The van der Waals surface area contributed by atoms with E-state index in [0.717, 1.165) is 22.3 Å². The van der Waals surface area contributed by atoms with Gasteiger partial charge in [-0.2, -0.15) is 13.2 Å². The fourth-order valence-electron chi connectivity index (χ4n) is 2.87. The fourth-order valence-corrected chi connectivity index (χ4v) is 2.87. The summed E-state index contributed by atoms with van der Waals surface area (Å²) < 4.78 is 41.9. The molecule has 0 heterocycles. The van der Waals surface area contributed by atoms with E-state index in [4.69, 9.17) is 5.11 Å². The van der Waals surface area contributed by atoms with Gasteiger partial charge in [0.05, 0.1) is 6.42 Å². The molecule has 3 aromatic carbocycles. The lowest BCUT2D eigenvalue weighted by molar-refractivity contribution is -0.136. The summed E-state index contributed by atoms with van der Waals surface area (Å²) in [5.41, 5.74) is 4.02. The molecule has 0 fully saturated rings. The minimum absolute atomic E-state index is 0.0556. The Bertz CT molecular complexity index is 1070. The van der Waals surface area contributed by atoms with E-state index in [0.29, 0.717) is 5.56 Å². The third-order valence-corrected chi connectivity index (χ3v) is 4.25. The monoisotopic (exact) mass is 410 g/mol.